The first-order chi connectivity index (χ1) is 12.2. The minimum Gasteiger partial charge on any atom is -0.463 e. The van der Waals surface area contributed by atoms with Crippen molar-refractivity contribution in [2.24, 2.45) is 5.73 Å². The lowest BCUT2D eigenvalue weighted by molar-refractivity contribution is -0.138. The highest BCUT2D eigenvalue weighted by Crippen LogP contribution is 2.43. The van der Waals surface area contributed by atoms with Gasteiger partial charge in [0.1, 0.15) is 17.4 Å². The summed E-state index contributed by atoms with van der Waals surface area (Å²) in [6.45, 7) is 1.96. The van der Waals surface area contributed by atoms with Crippen molar-refractivity contribution in [2.75, 3.05) is 6.61 Å². The van der Waals surface area contributed by atoms with Crippen LogP contribution in [0.2, 0.25) is 0 Å². The van der Waals surface area contributed by atoms with Crippen LogP contribution in [0.25, 0.3) is 5.76 Å². The Labute approximate surface area is 149 Å². The molecule has 1 aliphatic rings. The van der Waals surface area contributed by atoms with Crippen molar-refractivity contribution >= 4 is 23.1 Å². The number of carbonyl (C=O) groups is 1. The summed E-state index contributed by atoms with van der Waals surface area (Å²) in [6, 6.07) is 13.1. The number of esters is 1. The molecule has 2 heterocycles. The van der Waals surface area contributed by atoms with Gasteiger partial charge in [-0.15, -0.1) is 0 Å². The van der Waals surface area contributed by atoms with Crippen LogP contribution in [0.3, 0.4) is 0 Å². The van der Waals surface area contributed by atoms with E-state index >= 15 is 0 Å². The topological polar surface area (TPSA) is 85.3 Å². The van der Waals surface area contributed by atoms with E-state index in [4.69, 9.17) is 15.2 Å². The molecule has 0 unspecified atom stereocenters. The summed E-state index contributed by atoms with van der Waals surface area (Å²) >= 11 is 1.48. The summed E-state index contributed by atoms with van der Waals surface area (Å²) < 4.78 is 10.9. The molecule has 5 nitrogen and oxygen atoms in total. The Morgan fingerprint density at radius 3 is 2.72 bits per heavy atom. The van der Waals surface area contributed by atoms with E-state index in [1.807, 2.05) is 47.2 Å². The van der Waals surface area contributed by atoms with Gasteiger partial charge in [-0.25, -0.2) is 4.79 Å². The predicted molar refractivity (Wildman–Crippen MR) is 95.0 cm³/mol. The Balaban J connectivity index is 2.25. The Hall–Kier alpha value is -3.04. The molecule has 0 spiro atoms. The van der Waals surface area contributed by atoms with Gasteiger partial charge >= 0.3 is 5.97 Å². The van der Waals surface area contributed by atoms with Gasteiger partial charge in [0.2, 0.25) is 5.88 Å². The first-order valence-corrected chi connectivity index (χ1v) is 8.68. The molecule has 0 fully saturated rings. The van der Waals surface area contributed by atoms with Crippen molar-refractivity contribution in [3.05, 3.63) is 75.3 Å². The van der Waals surface area contributed by atoms with Crippen molar-refractivity contribution in [1.82, 2.24) is 0 Å². The number of hydrogen-bond acceptors (Lipinski definition) is 6. The second kappa shape index (κ2) is 7.24. The number of nitrogens with zero attached hydrogens (tertiary/aromatic N) is 1. The molecular weight excluding hydrogens is 336 g/mol. The van der Waals surface area contributed by atoms with Crippen LogP contribution in [-0.4, -0.2) is 12.6 Å². The van der Waals surface area contributed by atoms with Gasteiger partial charge in [-0.2, -0.15) is 16.6 Å². The largest absolute Gasteiger partial charge is 0.463 e. The zero-order valence-electron chi connectivity index (χ0n) is 13.6. The molecule has 1 atom stereocenters. The summed E-state index contributed by atoms with van der Waals surface area (Å²) in [5, 5.41) is 13.4. The molecule has 2 aromatic rings. The lowest BCUT2D eigenvalue weighted by Crippen LogP contribution is -2.25. The standard InChI is InChI=1S/C19H16N2O3S/c1-2-23-19(22)16-15(13-8-9-25-11-13)14(10-20)18(21)24-17(16)12-6-4-3-5-7-12/h3-9,11,15H,2,21H2,1H3/t15-/m0/s1. The third-order valence-corrected chi connectivity index (χ3v) is 4.53. The zero-order valence-corrected chi connectivity index (χ0v) is 14.4. The summed E-state index contributed by atoms with van der Waals surface area (Å²) in [7, 11) is 0. The third-order valence-electron chi connectivity index (χ3n) is 3.83. The van der Waals surface area contributed by atoms with Crippen molar-refractivity contribution in [2.45, 2.75) is 12.8 Å². The van der Waals surface area contributed by atoms with E-state index in [0.717, 1.165) is 5.56 Å². The average Bonchev–Trinajstić information content (AvgIpc) is 3.16. The van der Waals surface area contributed by atoms with Gasteiger partial charge in [-0.05, 0) is 29.3 Å². The molecule has 1 aromatic carbocycles. The highest BCUT2D eigenvalue weighted by Gasteiger charge is 2.38. The molecule has 2 N–H and O–H groups in total. The van der Waals surface area contributed by atoms with Gasteiger partial charge in [0.05, 0.1) is 18.1 Å². The lowest BCUT2D eigenvalue weighted by Gasteiger charge is -2.27. The maximum Gasteiger partial charge on any atom is 0.338 e. The maximum atomic E-state index is 12.7. The number of nitrogens with two attached hydrogens (primary N) is 1. The van der Waals surface area contributed by atoms with Crippen LogP contribution in [0.1, 0.15) is 24.0 Å². The first-order valence-electron chi connectivity index (χ1n) is 7.73. The monoisotopic (exact) mass is 352 g/mol. The van der Waals surface area contributed by atoms with E-state index < -0.39 is 11.9 Å². The van der Waals surface area contributed by atoms with Crippen LogP contribution in [0.4, 0.5) is 0 Å². The average molecular weight is 352 g/mol. The van der Waals surface area contributed by atoms with Crippen molar-refractivity contribution in [1.29, 1.82) is 5.26 Å². The Bertz CT molecular complexity index is 877. The first kappa shape index (κ1) is 16.8. The molecule has 0 amide bonds. The van der Waals surface area contributed by atoms with E-state index in [1.54, 1.807) is 6.92 Å². The fourth-order valence-electron chi connectivity index (χ4n) is 2.75. The van der Waals surface area contributed by atoms with Gasteiger partial charge in [0.25, 0.3) is 0 Å². The molecule has 0 aliphatic carbocycles. The number of hydrogen-bond donors (Lipinski definition) is 1. The summed E-state index contributed by atoms with van der Waals surface area (Å²) in [6.07, 6.45) is 0. The van der Waals surface area contributed by atoms with Crippen LogP contribution in [0.15, 0.2) is 64.2 Å². The lowest BCUT2D eigenvalue weighted by atomic mass is 9.83. The fourth-order valence-corrected chi connectivity index (χ4v) is 3.44. The number of allylic oxidation sites excluding steroid dienone is 1. The molecule has 25 heavy (non-hydrogen) atoms. The van der Waals surface area contributed by atoms with Crippen molar-refractivity contribution in [3.8, 4) is 6.07 Å². The fraction of sp³-hybridized carbons (Fsp3) is 0.158. The Kier molecular flexibility index (Phi) is 4.87. The normalized spacial score (nSPS) is 17.0. The van der Waals surface area contributed by atoms with Crippen LogP contribution in [0.5, 0.6) is 0 Å². The molecule has 1 aliphatic heterocycles. The number of benzene rings is 1. The van der Waals surface area contributed by atoms with Gasteiger partial charge in [-0.1, -0.05) is 30.3 Å². The highest BCUT2D eigenvalue weighted by atomic mass is 32.1. The molecule has 0 radical (unpaired) electrons. The molecule has 126 valence electrons. The van der Waals surface area contributed by atoms with Gasteiger partial charge in [-0.3, -0.25) is 0 Å². The molecule has 3 rings (SSSR count). The molecular formula is C19H16N2O3S. The van der Waals surface area contributed by atoms with Crippen molar-refractivity contribution in [3.63, 3.8) is 0 Å². The minimum absolute atomic E-state index is 0.00519. The number of thiophene rings is 1. The molecule has 0 bridgehead atoms. The van der Waals surface area contributed by atoms with Gasteiger partial charge in [0.15, 0.2) is 0 Å². The van der Waals surface area contributed by atoms with Crippen LogP contribution in [-0.2, 0) is 14.3 Å². The zero-order chi connectivity index (χ0) is 17.8. The molecule has 0 saturated carbocycles. The van der Waals surface area contributed by atoms with Crippen LogP contribution >= 0.6 is 11.3 Å². The quantitative estimate of drug-likeness (QED) is 0.851. The number of nitriles is 1. The Morgan fingerprint density at radius 1 is 1.36 bits per heavy atom. The van der Waals surface area contributed by atoms with E-state index in [9.17, 15) is 10.1 Å². The number of rotatable bonds is 4. The smallest absolute Gasteiger partial charge is 0.338 e. The van der Waals surface area contributed by atoms with E-state index in [2.05, 4.69) is 6.07 Å². The highest BCUT2D eigenvalue weighted by molar-refractivity contribution is 7.08. The Morgan fingerprint density at radius 2 is 2.12 bits per heavy atom. The third kappa shape index (κ3) is 3.14. The van der Waals surface area contributed by atoms with E-state index in [0.29, 0.717) is 11.3 Å². The van der Waals surface area contributed by atoms with Crippen LogP contribution in [0, 0.1) is 11.3 Å². The SMILES string of the molecule is CCOC(=O)C1=C(c2ccccc2)OC(N)=C(C#N)[C@@H]1c1ccsc1. The summed E-state index contributed by atoms with van der Waals surface area (Å²) in [5.41, 5.74) is 8.01. The van der Waals surface area contributed by atoms with E-state index in [1.165, 1.54) is 11.3 Å². The maximum absolute atomic E-state index is 12.7. The molecule has 6 heteroatoms. The molecule has 0 saturated heterocycles. The van der Waals surface area contributed by atoms with E-state index in [-0.39, 0.29) is 23.6 Å². The number of ether oxygens (including phenoxy) is 2. The second-order valence-electron chi connectivity index (χ2n) is 5.31. The summed E-state index contributed by atoms with van der Waals surface area (Å²) in [5.74, 6) is -0.797. The predicted octanol–water partition coefficient (Wildman–Crippen LogP) is 3.53. The van der Waals surface area contributed by atoms with Crippen molar-refractivity contribution < 1.29 is 14.3 Å². The number of carbonyl (C=O) groups excluding carboxylic acids is 1. The van der Waals surface area contributed by atoms with Gasteiger partial charge < -0.3 is 15.2 Å². The van der Waals surface area contributed by atoms with Gasteiger partial charge in [0, 0.05) is 5.56 Å². The molecule has 1 aromatic heterocycles. The minimum atomic E-state index is -0.612. The second-order valence-corrected chi connectivity index (χ2v) is 6.09. The summed E-state index contributed by atoms with van der Waals surface area (Å²) in [4.78, 5) is 12.7. The van der Waals surface area contributed by atoms with Crippen LogP contribution < -0.4 is 5.73 Å².